The standard InChI is InChI=1S/C42H45FN2O9/c1-6-9-10-11-12-13-22-54-40-32-31(38(48)29-27(46)20-21-28(47)30(29)39(32)49)33(43)36(44-34-23(4)16-14-18-25(34)41(50)52-7-2)37(40)45-35-24(5)17-15-19-26(35)42(51)53-8-3/h14-21,44-47H,6-13,22H2,1-5H3. The van der Waals surface area contributed by atoms with E-state index in [1.807, 2.05) is 0 Å². The van der Waals surface area contributed by atoms with E-state index in [0.717, 1.165) is 44.2 Å². The third kappa shape index (κ3) is 7.73. The number of ketones is 2. The Kier molecular flexibility index (Phi) is 12.6. The van der Waals surface area contributed by atoms with E-state index in [4.69, 9.17) is 14.2 Å². The first kappa shape index (κ1) is 39.3. The Labute approximate surface area is 313 Å². The molecular formula is C42H45FN2O9. The number of phenols is 2. The van der Waals surface area contributed by atoms with Gasteiger partial charge in [0.25, 0.3) is 0 Å². The highest BCUT2D eigenvalue weighted by atomic mass is 19.1. The number of carbonyl (C=O) groups is 4. The molecule has 0 radical (unpaired) electrons. The summed E-state index contributed by atoms with van der Waals surface area (Å²) in [6, 6.07) is 11.8. The zero-order valence-corrected chi connectivity index (χ0v) is 31.1. The van der Waals surface area contributed by atoms with E-state index >= 15 is 4.39 Å². The first-order valence-electron chi connectivity index (χ1n) is 18.2. The topological polar surface area (TPSA) is 160 Å². The summed E-state index contributed by atoms with van der Waals surface area (Å²) in [5.74, 6) is -6.06. The molecule has 0 unspecified atom stereocenters. The molecule has 0 saturated heterocycles. The Morgan fingerprint density at radius 2 is 1.11 bits per heavy atom. The van der Waals surface area contributed by atoms with E-state index in [1.165, 1.54) is 12.1 Å². The molecule has 4 N–H and O–H groups in total. The predicted octanol–water partition coefficient (Wildman–Crippen LogP) is 9.21. The normalized spacial score (nSPS) is 11.8. The van der Waals surface area contributed by atoms with E-state index in [2.05, 4.69) is 17.6 Å². The van der Waals surface area contributed by atoms with E-state index in [1.54, 1.807) is 52.0 Å². The fourth-order valence-corrected chi connectivity index (χ4v) is 6.53. The fourth-order valence-electron chi connectivity index (χ4n) is 6.53. The number of benzene rings is 4. The molecule has 0 spiro atoms. The van der Waals surface area contributed by atoms with Crippen LogP contribution in [-0.2, 0) is 9.47 Å². The zero-order valence-electron chi connectivity index (χ0n) is 31.1. The summed E-state index contributed by atoms with van der Waals surface area (Å²) >= 11 is 0. The molecule has 0 aliphatic heterocycles. The molecule has 0 amide bonds. The average Bonchev–Trinajstić information content (AvgIpc) is 3.14. The lowest BCUT2D eigenvalue weighted by molar-refractivity contribution is 0.0517. The Bertz CT molecular complexity index is 2110. The smallest absolute Gasteiger partial charge is 0.340 e. The molecule has 54 heavy (non-hydrogen) atoms. The second kappa shape index (κ2) is 17.3. The second-order valence-electron chi connectivity index (χ2n) is 13.0. The number of aryl methyl sites for hydroxylation is 2. The maximum absolute atomic E-state index is 17.5. The van der Waals surface area contributed by atoms with Crippen LogP contribution in [-0.4, -0.2) is 53.5 Å². The SMILES string of the molecule is CCCCCCCCOc1c(Nc2c(C)cccc2C(=O)OCC)c(Nc2c(C)cccc2C(=O)OCC)c(F)c2c1C(=O)c1c(O)ccc(O)c1C2=O. The van der Waals surface area contributed by atoms with Crippen molar-refractivity contribution in [2.45, 2.75) is 73.1 Å². The van der Waals surface area contributed by atoms with Crippen LogP contribution < -0.4 is 15.4 Å². The van der Waals surface area contributed by atoms with Gasteiger partial charge in [-0.2, -0.15) is 0 Å². The van der Waals surface area contributed by atoms with Gasteiger partial charge in [-0.1, -0.05) is 63.3 Å². The number of rotatable bonds is 16. The summed E-state index contributed by atoms with van der Waals surface area (Å²) < 4.78 is 34.5. The van der Waals surface area contributed by atoms with Crippen molar-refractivity contribution in [3.63, 3.8) is 0 Å². The van der Waals surface area contributed by atoms with Crippen LogP contribution in [0.4, 0.5) is 27.1 Å². The summed E-state index contributed by atoms with van der Waals surface area (Å²) in [6.45, 7) is 9.03. The summed E-state index contributed by atoms with van der Waals surface area (Å²) in [6.07, 6.45) is 5.44. The molecular weight excluding hydrogens is 695 g/mol. The Morgan fingerprint density at radius 3 is 1.63 bits per heavy atom. The molecule has 1 aliphatic rings. The maximum Gasteiger partial charge on any atom is 0.340 e. The lowest BCUT2D eigenvalue weighted by Gasteiger charge is -2.28. The van der Waals surface area contributed by atoms with Gasteiger partial charge >= 0.3 is 11.9 Å². The second-order valence-corrected chi connectivity index (χ2v) is 13.0. The number of esters is 2. The third-order valence-electron chi connectivity index (χ3n) is 9.24. The van der Waals surface area contributed by atoms with Gasteiger partial charge in [0.15, 0.2) is 11.6 Å². The summed E-state index contributed by atoms with van der Waals surface area (Å²) in [5, 5.41) is 27.8. The number of ether oxygens (including phenoxy) is 3. The monoisotopic (exact) mass is 740 g/mol. The average molecular weight is 741 g/mol. The van der Waals surface area contributed by atoms with E-state index in [-0.39, 0.29) is 53.8 Å². The minimum atomic E-state index is -1.21. The number of aromatic hydroxyl groups is 2. The van der Waals surface area contributed by atoms with Gasteiger partial charge in [0.1, 0.15) is 22.9 Å². The number of halogens is 1. The van der Waals surface area contributed by atoms with Crippen molar-refractivity contribution < 1.29 is 48.0 Å². The van der Waals surface area contributed by atoms with Gasteiger partial charge in [0.05, 0.1) is 64.6 Å². The van der Waals surface area contributed by atoms with Gasteiger partial charge in [-0.3, -0.25) is 9.59 Å². The van der Waals surface area contributed by atoms with Crippen molar-refractivity contribution in [2.75, 3.05) is 30.5 Å². The van der Waals surface area contributed by atoms with Crippen LogP contribution in [0.2, 0.25) is 0 Å². The molecule has 4 aromatic rings. The van der Waals surface area contributed by atoms with Crippen LogP contribution in [0.3, 0.4) is 0 Å². The van der Waals surface area contributed by atoms with E-state index in [0.29, 0.717) is 17.5 Å². The molecule has 0 bridgehead atoms. The van der Waals surface area contributed by atoms with Crippen LogP contribution in [0.1, 0.15) is 123 Å². The highest BCUT2D eigenvalue weighted by Crippen LogP contribution is 2.50. The van der Waals surface area contributed by atoms with Crippen molar-refractivity contribution in [1.82, 2.24) is 0 Å². The third-order valence-corrected chi connectivity index (χ3v) is 9.24. The van der Waals surface area contributed by atoms with Crippen LogP contribution in [0, 0.1) is 19.7 Å². The Morgan fingerprint density at radius 1 is 0.630 bits per heavy atom. The molecule has 0 heterocycles. The molecule has 4 aromatic carbocycles. The first-order valence-corrected chi connectivity index (χ1v) is 18.2. The fraction of sp³-hybridized carbons (Fsp3) is 0.333. The molecule has 0 fully saturated rings. The largest absolute Gasteiger partial charge is 0.507 e. The van der Waals surface area contributed by atoms with Gasteiger partial charge in [-0.05, 0) is 69.5 Å². The number of anilines is 4. The van der Waals surface area contributed by atoms with Crippen molar-refractivity contribution in [3.05, 3.63) is 98.9 Å². The van der Waals surface area contributed by atoms with Gasteiger partial charge in [0, 0.05) is 0 Å². The molecule has 5 rings (SSSR count). The van der Waals surface area contributed by atoms with E-state index in [9.17, 15) is 29.4 Å². The van der Waals surface area contributed by atoms with Crippen molar-refractivity contribution in [1.29, 1.82) is 0 Å². The lowest BCUT2D eigenvalue weighted by atomic mass is 9.81. The molecule has 1 aliphatic carbocycles. The van der Waals surface area contributed by atoms with Gasteiger partial charge < -0.3 is 35.1 Å². The summed E-state index contributed by atoms with van der Waals surface area (Å²) in [5.41, 5.74) is -1.25. The minimum Gasteiger partial charge on any atom is -0.507 e. The molecule has 0 atom stereocenters. The van der Waals surface area contributed by atoms with Gasteiger partial charge in [0.2, 0.25) is 11.6 Å². The molecule has 11 nitrogen and oxygen atoms in total. The van der Waals surface area contributed by atoms with Gasteiger partial charge in [-0.25, -0.2) is 14.0 Å². The highest BCUT2D eigenvalue weighted by molar-refractivity contribution is 6.32. The molecule has 12 heteroatoms. The highest BCUT2D eigenvalue weighted by Gasteiger charge is 2.42. The Balaban J connectivity index is 1.83. The number of para-hydroxylation sites is 2. The number of phenolic OH excluding ortho intramolecular Hbond substituents is 2. The summed E-state index contributed by atoms with van der Waals surface area (Å²) in [4.78, 5) is 55.1. The van der Waals surface area contributed by atoms with Crippen LogP contribution in [0.5, 0.6) is 17.2 Å². The van der Waals surface area contributed by atoms with Crippen LogP contribution in [0.25, 0.3) is 0 Å². The quantitative estimate of drug-likeness (QED) is 0.0434. The maximum atomic E-state index is 17.5. The predicted molar refractivity (Wildman–Crippen MR) is 203 cm³/mol. The number of carbonyl (C=O) groups excluding carboxylic acids is 4. The molecule has 0 aromatic heterocycles. The lowest BCUT2D eigenvalue weighted by Crippen LogP contribution is -2.26. The van der Waals surface area contributed by atoms with E-state index < -0.39 is 68.8 Å². The zero-order chi connectivity index (χ0) is 39.1. The first-order chi connectivity index (χ1) is 26.0. The Hall–Kier alpha value is -5.91. The van der Waals surface area contributed by atoms with Gasteiger partial charge in [-0.15, -0.1) is 0 Å². The number of nitrogens with one attached hydrogen (secondary N) is 2. The number of hydrogen-bond acceptors (Lipinski definition) is 11. The number of unbranched alkanes of at least 4 members (excludes halogenated alkanes) is 5. The van der Waals surface area contributed by atoms with Crippen molar-refractivity contribution >= 4 is 46.3 Å². The minimum absolute atomic E-state index is 0.0512. The van der Waals surface area contributed by atoms with Crippen LogP contribution in [0.15, 0.2) is 48.5 Å². The van der Waals surface area contributed by atoms with Crippen molar-refractivity contribution in [2.24, 2.45) is 0 Å². The molecule has 284 valence electrons. The number of hydrogen-bond donors (Lipinski definition) is 4. The molecule has 0 saturated carbocycles. The number of fused-ring (bicyclic) bond motifs is 2. The van der Waals surface area contributed by atoms with Crippen molar-refractivity contribution in [3.8, 4) is 17.2 Å². The van der Waals surface area contributed by atoms with Crippen LogP contribution >= 0.6 is 0 Å². The summed E-state index contributed by atoms with van der Waals surface area (Å²) in [7, 11) is 0.